The summed E-state index contributed by atoms with van der Waals surface area (Å²) in [6.45, 7) is 1.42. The highest BCUT2D eigenvalue weighted by atomic mass is 35.5. The Kier molecular flexibility index (Phi) is 4.73. The minimum absolute atomic E-state index is 0. The van der Waals surface area contributed by atoms with Crippen molar-refractivity contribution >= 4 is 24.0 Å². The molecule has 0 spiro atoms. The van der Waals surface area contributed by atoms with Crippen molar-refractivity contribution in [2.45, 2.75) is 25.5 Å². The molecule has 0 radical (unpaired) electrons. The van der Waals surface area contributed by atoms with Crippen molar-refractivity contribution in [2.24, 2.45) is 0 Å². The van der Waals surface area contributed by atoms with Crippen LogP contribution in [0.15, 0.2) is 36.4 Å². The molecule has 0 aromatic heterocycles. The van der Waals surface area contributed by atoms with E-state index in [2.05, 4.69) is 10.6 Å². The van der Waals surface area contributed by atoms with Gasteiger partial charge < -0.3 is 15.4 Å². The lowest BCUT2D eigenvalue weighted by atomic mass is 9.99. The predicted octanol–water partition coefficient (Wildman–Crippen LogP) is 2.84. The van der Waals surface area contributed by atoms with Crippen LogP contribution < -0.4 is 15.4 Å². The number of hydrogen-bond donors (Lipinski definition) is 2. The van der Waals surface area contributed by atoms with E-state index in [4.69, 9.17) is 4.74 Å². The third kappa shape index (κ3) is 2.97. The van der Waals surface area contributed by atoms with Crippen LogP contribution >= 0.6 is 12.4 Å². The van der Waals surface area contributed by atoms with E-state index in [9.17, 15) is 9.18 Å². The summed E-state index contributed by atoms with van der Waals surface area (Å²) in [7, 11) is 0. The molecule has 2 aromatic rings. The Labute approximate surface area is 145 Å². The summed E-state index contributed by atoms with van der Waals surface area (Å²) in [4.78, 5) is 12.4. The number of rotatable bonds is 2. The van der Waals surface area contributed by atoms with Crippen LogP contribution in [0.25, 0.3) is 0 Å². The highest BCUT2D eigenvalue weighted by Crippen LogP contribution is 2.29. The van der Waals surface area contributed by atoms with Gasteiger partial charge in [0, 0.05) is 13.0 Å². The molecule has 2 aromatic carbocycles. The van der Waals surface area contributed by atoms with Gasteiger partial charge in [-0.1, -0.05) is 24.3 Å². The van der Waals surface area contributed by atoms with E-state index in [1.165, 1.54) is 0 Å². The second-order valence-corrected chi connectivity index (χ2v) is 5.90. The molecule has 2 aliphatic heterocycles. The fourth-order valence-corrected chi connectivity index (χ4v) is 3.17. The number of benzene rings is 2. The Hall–Kier alpha value is -2.11. The summed E-state index contributed by atoms with van der Waals surface area (Å²) in [5.74, 6) is 0.0893. The molecule has 24 heavy (non-hydrogen) atoms. The first-order valence-electron chi connectivity index (χ1n) is 7.79. The first-order chi connectivity index (χ1) is 11.2. The van der Waals surface area contributed by atoms with Crippen molar-refractivity contribution in [1.82, 2.24) is 5.32 Å². The van der Waals surface area contributed by atoms with Gasteiger partial charge in [0.15, 0.2) is 6.10 Å². The average Bonchev–Trinajstić information content (AvgIpc) is 3.02. The van der Waals surface area contributed by atoms with Gasteiger partial charge in [0.1, 0.15) is 11.6 Å². The van der Waals surface area contributed by atoms with Crippen molar-refractivity contribution in [3.63, 3.8) is 0 Å². The number of fused-ring (bicyclic) bond motifs is 2. The van der Waals surface area contributed by atoms with E-state index in [0.717, 1.165) is 23.4 Å². The second-order valence-electron chi connectivity index (χ2n) is 5.90. The van der Waals surface area contributed by atoms with Crippen molar-refractivity contribution < 1.29 is 13.9 Å². The number of para-hydroxylation sites is 1. The molecule has 4 nitrogen and oxygen atoms in total. The SMILES string of the molecule is Cl.O=C(Nc1ccc2c(c1F)CCNC2)C1Cc2ccccc2O1. The lowest BCUT2D eigenvalue weighted by Crippen LogP contribution is -2.32. The monoisotopic (exact) mass is 348 g/mol. The number of carbonyl (C=O) groups excluding carboxylic acids is 1. The molecule has 2 heterocycles. The molecule has 2 N–H and O–H groups in total. The molecule has 0 bridgehead atoms. The summed E-state index contributed by atoms with van der Waals surface area (Å²) >= 11 is 0. The number of carbonyl (C=O) groups is 1. The maximum Gasteiger partial charge on any atom is 0.265 e. The number of ether oxygens (including phenoxy) is 1. The summed E-state index contributed by atoms with van der Waals surface area (Å²) in [6, 6.07) is 11.1. The minimum Gasteiger partial charge on any atom is -0.480 e. The van der Waals surface area contributed by atoms with Crippen LogP contribution in [-0.4, -0.2) is 18.6 Å². The smallest absolute Gasteiger partial charge is 0.265 e. The molecule has 0 aliphatic carbocycles. The molecule has 0 saturated carbocycles. The lowest BCUT2D eigenvalue weighted by molar-refractivity contribution is -0.122. The van der Waals surface area contributed by atoms with Gasteiger partial charge in [-0.15, -0.1) is 12.4 Å². The highest BCUT2D eigenvalue weighted by Gasteiger charge is 2.29. The maximum atomic E-state index is 14.6. The Bertz CT molecular complexity index is 757. The van der Waals surface area contributed by atoms with E-state index in [-0.39, 0.29) is 29.8 Å². The molecule has 6 heteroatoms. The highest BCUT2D eigenvalue weighted by molar-refractivity contribution is 5.95. The first kappa shape index (κ1) is 16.7. The summed E-state index contributed by atoms with van der Waals surface area (Å²) in [6.07, 6.45) is 0.541. The van der Waals surface area contributed by atoms with Crippen molar-refractivity contribution in [3.8, 4) is 5.75 Å². The fraction of sp³-hybridized carbons (Fsp3) is 0.278. The van der Waals surface area contributed by atoms with E-state index in [0.29, 0.717) is 24.9 Å². The van der Waals surface area contributed by atoms with E-state index in [1.54, 1.807) is 6.07 Å². The van der Waals surface area contributed by atoms with Gasteiger partial charge in [0.05, 0.1) is 5.69 Å². The molecule has 0 saturated heterocycles. The number of nitrogens with one attached hydrogen (secondary N) is 2. The lowest BCUT2D eigenvalue weighted by Gasteiger charge is -2.20. The Balaban J connectivity index is 0.00000169. The first-order valence-corrected chi connectivity index (χ1v) is 7.79. The summed E-state index contributed by atoms with van der Waals surface area (Å²) < 4.78 is 20.2. The number of amides is 1. The number of hydrogen-bond acceptors (Lipinski definition) is 3. The second kappa shape index (κ2) is 6.79. The minimum atomic E-state index is -0.607. The molecule has 126 valence electrons. The fourth-order valence-electron chi connectivity index (χ4n) is 3.17. The Morgan fingerprint density at radius 1 is 1.21 bits per heavy atom. The van der Waals surface area contributed by atoms with Crippen LogP contribution in [-0.2, 0) is 24.2 Å². The van der Waals surface area contributed by atoms with Crippen molar-refractivity contribution in [2.75, 3.05) is 11.9 Å². The zero-order valence-corrected chi connectivity index (χ0v) is 13.8. The molecular weight excluding hydrogens is 331 g/mol. The Morgan fingerprint density at radius 2 is 2.04 bits per heavy atom. The zero-order chi connectivity index (χ0) is 15.8. The van der Waals surface area contributed by atoms with E-state index < -0.39 is 6.10 Å². The van der Waals surface area contributed by atoms with Crippen LogP contribution in [0, 0.1) is 5.82 Å². The molecule has 4 rings (SSSR count). The average molecular weight is 349 g/mol. The van der Waals surface area contributed by atoms with Crippen molar-refractivity contribution in [3.05, 3.63) is 58.9 Å². The Morgan fingerprint density at radius 3 is 2.88 bits per heavy atom. The van der Waals surface area contributed by atoms with Gasteiger partial charge >= 0.3 is 0 Å². The molecule has 1 amide bonds. The number of anilines is 1. The topological polar surface area (TPSA) is 50.4 Å². The normalized spacial score (nSPS) is 18.0. The molecular formula is C18H18ClFN2O2. The third-order valence-electron chi connectivity index (χ3n) is 4.40. The summed E-state index contributed by atoms with van der Waals surface area (Å²) in [5.41, 5.74) is 2.88. The van der Waals surface area contributed by atoms with Crippen LogP contribution in [0.3, 0.4) is 0 Å². The quantitative estimate of drug-likeness (QED) is 0.877. The predicted molar refractivity (Wildman–Crippen MR) is 92.3 cm³/mol. The molecule has 1 unspecified atom stereocenters. The summed E-state index contributed by atoms with van der Waals surface area (Å²) in [5, 5.41) is 5.89. The zero-order valence-electron chi connectivity index (χ0n) is 13.0. The number of halogens is 2. The van der Waals surface area contributed by atoms with E-state index >= 15 is 0 Å². The van der Waals surface area contributed by atoms with Crippen LogP contribution in [0.1, 0.15) is 16.7 Å². The molecule has 1 atom stereocenters. The van der Waals surface area contributed by atoms with Gasteiger partial charge in [-0.05, 0) is 41.8 Å². The van der Waals surface area contributed by atoms with Crippen LogP contribution in [0.5, 0.6) is 5.75 Å². The van der Waals surface area contributed by atoms with Gasteiger partial charge in [0.2, 0.25) is 0 Å². The van der Waals surface area contributed by atoms with Gasteiger partial charge in [0.25, 0.3) is 5.91 Å². The maximum absolute atomic E-state index is 14.6. The van der Waals surface area contributed by atoms with Crippen LogP contribution in [0.4, 0.5) is 10.1 Å². The van der Waals surface area contributed by atoms with Gasteiger partial charge in [-0.25, -0.2) is 4.39 Å². The molecule has 2 aliphatic rings. The third-order valence-corrected chi connectivity index (χ3v) is 4.40. The van der Waals surface area contributed by atoms with Gasteiger partial charge in [-0.3, -0.25) is 4.79 Å². The van der Waals surface area contributed by atoms with E-state index in [1.807, 2.05) is 30.3 Å². The van der Waals surface area contributed by atoms with Crippen LogP contribution in [0.2, 0.25) is 0 Å². The largest absolute Gasteiger partial charge is 0.480 e. The van der Waals surface area contributed by atoms with Crippen molar-refractivity contribution in [1.29, 1.82) is 0 Å². The standard InChI is InChI=1S/C18H17FN2O2.ClH/c19-17-13-7-8-20-10-12(13)5-6-14(17)21-18(22)16-9-11-3-1-2-4-15(11)23-16;/h1-6,16,20H,7-10H2,(H,21,22);1H. The van der Waals surface area contributed by atoms with Gasteiger partial charge in [-0.2, -0.15) is 0 Å². The molecule has 0 fully saturated rings.